The first-order valence-electron chi connectivity index (χ1n) is 12.5. The minimum absolute atomic E-state index is 0.0418. The van der Waals surface area contributed by atoms with Crippen LogP contribution in [0.15, 0.2) is 66.2 Å². The van der Waals surface area contributed by atoms with E-state index < -0.39 is 23.7 Å². The molecule has 188 valence electrons. The summed E-state index contributed by atoms with van der Waals surface area (Å²) < 4.78 is 5.17. The number of Topliss-reactive ketones (excluding diaryl/α,β-unsaturated/α-hetero) is 1. The molecule has 1 unspecified atom stereocenters. The average Bonchev–Trinajstić information content (AvgIpc) is 3.13. The summed E-state index contributed by atoms with van der Waals surface area (Å²) in [5, 5.41) is 11.5. The zero-order chi connectivity index (χ0) is 26.3. The number of hydrogen-bond acceptors (Lipinski definition) is 5. The summed E-state index contributed by atoms with van der Waals surface area (Å²) in [5.74, 6) is -1.70. The molecule has 0 saturated carbocycles. The largest absolute Gasteiger partial charge is 0.507 e. The van der Waals surface area contributed by atoms with E-state index in [1.807, 2.05) is 50.2 Å². The van der Waals surface area contributed by atoms with Gasteiger partial charge in [0.1, 0.15) is 11.5 Å². The Bertz CT molecular complexity index is 1430. The molecule has 1 aliphatic carbocycles. The Morgan fingerprint density at radius 1 is 0.892 bits per heavy atom. The Morgan fingerprint density at radius 2 is 1.54 bits per heavy atom. The van der Waals surface area contributed by atoms with E-state index in [1.165, 1.54) is 23.0 Å². The van der Waals surface area contributed by atoms with Crippen LogP contribution in [0.25, 0.3) is 5.76 Å². The van der Waals surface area contributed by atoms with Crippen LogP contribution in [0, 0.1) is 13.8 Å². The number of esters is 1. The molecule has 6 heteroatoms. The number of aryl methyl sites for hydroxylation is 4. The van der Waals surface area contributed by atoms with Gasteiger partial charge in [-0.25, -0.2) is 0 Å². The van der Waals surface area contributed by atoms with Crippen molar-refractivity contribution < 1.29 is 24.2 Å². The quantitative estimate of drug-likeness (QED) is 0.164. The van der Waals surface area contributed by atoms with Gasteiger partial charge in [-0.3, -0.25) is 19.3 Å². The van der Waals surface area contributed by atoms with E-state index in [2.05, 4.69) is 0 Å². The molecule has 37 heavy (non-hydrogen) atoms. The lowest BCUT2D eigenvalue weighted by atomic mass is 9.88. The number of anilines is 1. The summed E-state index contributed by atoms with van der Waals surface area (Å²) in [6.45, 7) is 5.19. The Kier molecular flexibility index (Phi) is 6.42. The van der Waals surface area contributed by atoms with Crippen molar-refractivity contribution in [1.29, 1.82) is 0 Å². The maximum atomic E-state index is 13.5. The summed E-state index contributed by atoms with van der Waals surface area (Å²) in [6, 6.07) is 17.3. The zero-order valence-corrected chi connectivity index (χ0v) is 21.2. The molecule has 1 aliphatic heterocycles. The minimum atomic E-state index is -0.844. The van der Waals surface area contributed by atoms with Gasteiger partial charge in [-0.05, 0) is 97.7 Å². The van der Waals surface area contributed by atoms with Crippen LogP contribution in [0.3, 0.4) is 0 Å². The molecule has 0 bridgehead atoms. The van der Waals surface area contributed by atoms with E-state index in [9.17, 15) is 19.5 Å². The number of ketones is 1. The predicted molar refractivity (Wildman–Crippen MR) is 142 cm³/mol. The standard InChI is InChI=1S/C31H29NO5/c1-18-14-19(2)16-25(15-18)32-28(22-10-12-26(13-11-22)37-20(3)33)27(30(35)31(32)36)29(34)24-9-8-21-6-4-5-7-23(21)17-24/h8-17,28,34H,4-7H2,1-3H3/b29-27-. The number of aliphatic hydroxyl groups is 1. The molecule has 2 aliphatic rings. The Morgan fingerprint density at radius 3 is 2.19 bits per heavy atom. The Hall–Kier alpha value is -4.19. The molecule has 1 amide bonds. The number of carbonyl (C=O) groups excluding carboxylic acids is 3. The van der Waals surface area contributed by atoms with Crippen LogP contribution in [-0.2, 0) is 27.2 Å². The number of rotatable bonds is 4. The fraction of sp³-hybridized carbons (Fsp3) is 0.258. The van der Waals surface area contributed by atoms with Crippen molar-refractivity contribution in [3.05, 3.63) is 99.6 Å². The van der Waals surface area contributed by atoms with Gasteiger partial charge in [-0.1, -0.05) is 30.3 Å². The molecule has 1 fully saturated rings. The second-order valence-electron chi connectivity index (χ2n) is 9.87. The number of carbonyl (C=O) groups is 3. The van der Waals surface area contributed by atoms with Crippen molar-refractivity contribution in [2.24, 2.45) is 0 Å². The molecule has 1 N–H and O–H groups in total. The van der Waals surface area contributed by atoms with Gasteiger partial charge in [-0.2, -0.15) is 0 Å². The summed E-state index contributed by atoms with van der Waals surface area (Å²) in [6.07, 6.45) is 4.15. The van der Waals surface area contributed by atoms with Crippen LogP contribution in [0.5, 0.6) is 5.75 Å². The molecule has 0 spiro atoms. The molecular formula is C31H29NO5. The van der Waals surface area contributed by atoms with Gasteiger partial charge in [0.2, 0.25) is 0 Å². The van der Waals surface area contributed by atoms with E-state index in [1.54, 1.807) is 24.3 Å². The van der Waals surface area contributed by atoms with Crippen LogP contribution in [-0.4, -0.2) is 22.8 Å². The third-order valence-electron chi connectivity index (χ3n) is 7.01. The molecule has 1 heterocycles. The molecular weight excluding hydrogens is 466 g/mol. The number of amides is 1. The van der Waals surface area contributed by atoms with Gasteiger partial charge < -0.3 is 9.84 Å². The number of ether oxygens (including phenoxy) is 1. The number of aliphatic hydroxyl groups excluding tert-OH is 1. The van der Waals surface area contributed by atoms with Crippen LogP contribution >= 0.6 is 0 Å². The molecule has 3 aromatic rings. The van der Waals surface area contributed by atoms with E-state index in [4.69, 9.17) is 4.74 Å². The minimum Gasteiger partial charge on any atom is -0.507 e. The van der Waals surface area contributed by atoms with Crippen LogP contribution in [0.1, 0.15) is 59.2 Å². The van der Waals surface area contributed by atoms with E-state index in [0.29, 0.717) is 22.6 Å². The van der Waals surface area contributed by atoms with Gasteiger partial charge in [0.25, 0.3) is 11.7 Å². The van der Waals surface area contributed by atoms with Crippen molar-refractivity contribution in [2.75, 3.05) is 4.90 Å². The zero-order valence-electron chi connectivity index (χ0n) is 21.2. The highest BCUT2D eigenvalue weighted by Crippen LogP contribution is 2.43. The third kappa shape index (κ3) is 4.67. The lowest BCUT2D eigenvalue weighted by Gasteiger charge is -2.26. The first-order chi connectivity index (χ1) is 17.7. The summed E-state index contributed by atoms with van der Waals surface area (Å²) >= 11 is 0. The summed E-state index contributed by atoms with van der Waals surface area (Å²) in [4.78, 5) is 39.8. The number of benzene rings is 3. The monoisotopic (exact) mass is 495 g/mol. The SMILES string of the molecule is CC(=O)Oc1ccc(C2/C(=C(/O)c3ccc4c(c3)CCCC4)C(=O)C(=O)N2c2cc(C)cc(C)c2)cc1. The maximum absolute atomic E-state index is 13.5. The van der Waals surface area contributed by atoms with E-state index in [0.717, 1.165) is 36.8 Å². The van der Waals surface area contributed by atoms with Gasteiger partial charge in [0, 0.05) is 18.2 Å². The molecule has 6 nitrogen and oxygen atoms in total. The van der Waals surface area contributed by atoms with Gasteiger partial charge in [-0.15, -0.1) is 0 Å². The average molecular weight is 496 g/mol. The Labute approximate surface area is 216 Å². The molecule has 0 radical (unpaired) electrons. The van der Waals surface area contributed by atoms with Crippen molar-refractivity contribution >= 4 is 29.1 Å². The molecule has 0 aromatic heterocycles. The van der Waals surface area contributed by atoms with Crippen LogP contribution in [0.2, 0.25) is 0 Å². The predicted octanol–water partition coefficient (Wildman–Crippen LogP) is 5.73. The Balaban J connectivity index is 1.68. The lowest BCUT2D eigenvalue weighted by Crippen LogP contribution is -2.29. The van der Waals surface area contributed by atoms with Crippen molar-refractivity contribution in [1.82, 2.24) is 0 Å². The highest BCUT2D eigenvalue weighted by atomic mass is 16.5. The van der Waals surface area contributed by atoms with Crippen LogP contribution in [0.4, 0.5) is 5.69 Å². The number of hydrogen-bond donors (Lipinski definition) is 1. The molecule has 1 atom stereocenters. The maximum Gasteiger partial charge on any atom is 0.308 e. The fourth-order valence-electron chi connectivity index (χ4n) is 5.42. The van der Waals surface area contributed by atoms with Gasteiger partial charge in [0.15, 0.2) is 0 Å². The topological polar surface area (TPSA) is 83.9 Å². The molecule has 3 aromatic carbocycles. The smallest absolute Gasteiger partial charge is 0.308 e. The fourth-order valence-corrected chi connectivity index (χ4v) is 5.42. The number of nitrogens with zero attached hydrogens (tertiary/aromatic N) is 1. The second kappa shape index (κ2) is 9.69. The lowest BCUT2D eigenvalue weighted by molar-refractivity contribution is -0.132. The van der Waals surface area contributed by atoms with Crippen LogP contribution < -0.4 is 9.64 Å². The summed E-state index contributed by atoms with van der Waals surface area (Å²) in [7, 11) is 0. The van der Waals surface area contributed by atoms with Crippen molar-refractivity contribution in [2.45, 2.75) is 52.5 Å². The highest BCUT2D eigenvalue weighted by molar-refractivity contribution is 6.51. The van der Waals surface area contributed by atoms with Gasteiger partial charge >= 0.3 is 5.97 Å². The van der Waals surface area contributed by atoms with E-state index in [-0.39, 0.29) is 11.3 Å². The van der Waals surface area contributed by atoms with E-state index >= 15 is 0 Å². The summed E-state index contributed by atoms with van der Waals surface area (Å²) in [5.41, 5.74) is 6.11. The number of fused-ring (bicyclic) bond motifs is 1. The molecule has 5 rings (SSSR count). The third-order valence-corrected chi connectivity index (χ3v) is 7.01. The molecule has 1 saturated heterocycles. The normalized spacial score (nSPS) is 18.6. The second-order valence-corrected chi connectivity index (χ2v) is 9.87. The highest BCUT2D eigenvalue weighted by Gasteiger charge is 2.47. The van der Waals surface area contributed by atoms with Gasteiger partial charge in [0.05, 0.1) is 11.6 Å². The first-order valence-corrected chi connectivity index (χ1v) is 12.5. The van der Waals surface area contributed by atoms with Crippen molar-refractivity contribution in [3.8, 4) is 5.75 Å². The first kappa shape index (κ1) is 24.5. The van der Waals surface area contributed by atoms with Crippen molar-refractivity contribution in [3.63, 3.8) is 0 Å².